The van der Waals surface area contributed by atoms with Gasteiger partial charge >= 0.3 is 0 Å². The Bertz CT molecular complexity index is 492. The summed E-state index contributed by atoms with van der Waals surface area (Å²) < 4.78 is 4.28. The van der Waals surface area contributed by atoms with Crippen LogP contribution in [0.5, 0.6) is 0 Å². The average molecular weight is 226 g/mol. The Labute approximate surface area is 93.3 Å². The van der Waals surface area contributed by atoms with Crippen LogP contribution in [0.25, 0.3) is 11.2 Å². The number of halogens is 1. The molecule has 15 heavy (non-hydrogen) atoms. The van der Waals surface area contributed by atoms with Gasteiger partial charge < -0.3 is 18.1 Å². The van der Waals surface area contributed by atoms with Gasteiger partial charge in [0.25, 0.3) is 5.65 Å². The van der Waals surface area contributed by atoms with Gasteiger partial charge in [-0.25, -0.2) is 14.1 Å². The molecule has 3 heterocycles. The predicted molar refractivity (Wildman–Crippen MR) is 51.4 cm³/mol. The Balaban J connectivity index is 0.000000853. The lowest BCUT2D eigenvalue weighted by molar-refractivity contribution is -0.676. The first-order valence-corrected chi connectivity index (χ1v) is 4.85. The number of imidazole rings is 1. The van der Waals surface area contributed by atoms with Crippen molar-refractivity contribution in [2.24, 2.45) is 0 Å². The summed E-state index contributed by atoms with van der Waals surface area (Å²) in [4.78, 5) is 8.42. The van der Waals surface area contributed by atoms with E-state index in [1.54, 1.807) is 6.33 Å². The van der Waals surface area contributed by atoms with Crippen molar-refractivity contribution >= 4 is 17.0 Å². The zero-order valence-corrected chi connectivity index (χ0v) is 8.98. The molecule has 0 unspecified atom stereocenters. The highest BCUT2D eigenvalue weighted by atomic mass is 35.5. The summed E-state index contributed by atoms with van der Waals surface area (Å²) in [6.07, 6.45) is 6.03. The molecule has 0 radical (unpaired) electrons. The molecule has 3 rings (SSSR count). The largest absolute Gasteiger partial charge is 1.00 e. The minimum atomic E-state index is 0. The van der Waals surface area contributed by atoms with Crippen LogP contribution >= 0.6 is 0 Å². The molecule has 1 aliphatic heterocycles. The van der Waals surface area contributed by atoms with E-state index < -0.39 is 0 Å². The standard InChI is InChI=1S/C9H11N5.ClH/c10-8-7-9-13(5-11-7)3-1-2-4-14(9)6-12-8;/h5-6,10H,1-4H2;1H. The molecular weight excluding hydrogens is 214 g/mol. The Morgan fingerprint density at radius 1 is 1.33 bits per heavy atom. The van der Waals surface area contributed by atoms with Crippen molar-refractivity contribution in [2.45, 2.75) is 25.9 Å². The second-order valence-corrected chi connectivity index (χ2v) is 3.64. The van der Waals surface area contributed by atoms with Gasteiger partial charge in [0, 0.05) is 0 Å². The number of nitrogens with zero attached hydrogens (tertiary/aromatic N) is 4. The number of nitrogens with two attached hydrogens (primary N) is 1. The summed E-state index contributed by atoms with van der Waals surface area (Å²) in [5.41, 5.74) is 7.70. The van der Waals surface area contributed by atoms with Crippen LogP contribution in [0.1, 0.15) is 12.8 Å². The fourth-order valence-electron chi connectivity index (χ4n) is 2.00. The zero-order valence-electron chi connectivity index (χ0n) is 8.23. The number of hydrogen-bond donors (Lipinski definition) is 1. The molecule has 0 fully saturated rings. The first kappa shape index (κ1) is 10.2. The molecule has 2 aromatic heterocycles. The van der Waals surface area contributed by atoms with Gasteiger partial charge in [-0.3, -0.25) is 0 Å². The molecule has 0 atom stereocenters. The van der Waals surface area contributed by atoms with Gasteiger partial charge in [0.15, 0.2) is 11.8 Å². The lowest BCUT2D eigenvalue weighted by Gasteiger charge is -1.98. The molecule has 80 valence electrons. The maximum Gasteiger partial charge on any atom is 0.261 e. The van der Waals surface area contributed by atoms with Crippen molar-refractivity contribution in [1.29, 1.82) is 0 Å². The van der Waals surface area contributed by atoms with Crippen molar-refractivity contribution in [3.05, 3.63) is 12.7 Å². The summed E-state index contributed by atoms with van der Waals surface area (Å²) in [5, 5.41) is 0. The molecule has 5 nitrogen and oxygen atoms in total. The van der Waals surface area contributed by atoms with E-state index in [-0.39, 0.29) is 12.4 Å². The van der Waals surface area contributed by atoms with Crippen molar-refractivity contribution in [3.8, 4) is 0 Å². The maximum absolute atomic E-state index is 5.77. The Hall–Kier alpha value is -1.36. The van der Waals surface area contributed by atoms with E-state index in [0.717, 1.165) is 24.3 Å². The molecule has 2 N–H and O–H groups in total. The quantitative estimate of drug-likeness (QED) is 0.490. The molecule has 2 aromatic rings. The summed E-state index contributed by atoms with van der Waals surface area (Å²) in [6, 6.07) is 0. The van der Waals surface area contributed by atoms with Gasteiger partial charge in [-0.05, 0) is 12.8 Å². The van der Waals surface area contributed by atoms with Gasteiger partial charge in [-0.2, -0.15) is 0 Å². The lowest BCUT2D eigenvalue weighted by atomic mass is 10.3. The molecule has 0 aromatic carbocycles. The third-order valence-electron chi connectivity index (χ3n) is 2.71. The van der Waals surface area contributed by atoms with Crippen LogP contribution in [-0.4, -0.2) is 14.5 Å². The number of aromatic nitrogens is 4. The second kappa shape index (κ2) is 3.66. The molecule has 0 aliphatic carbocycles. The molecular formula is C9H12ClN5. The highest BCUT2D eigenvalue weighted by Gasteiger charge is 2.19. The van der Waals surface area contributed by atoms with Crippen molar-refractivity contribution in [1.82, 2.24) is 14.5 Å². The normalized spacial score (nSPS) is 14.7. The first-order chi connectivity index (χ1) is 6.86. The fourth-order valence-corrected chi connectivity index (χ4v) is 2.00. The van der Waals surface area contributed by atoms with Crippen molar-refractivity contribution in [2.75, 3.05) is 5.73 Å². The van der Waals surface area contributed by atoms with Gasteiger partial charge in [0.1, 0.15) is 0 Å². The van der Waals surface area contributed by atoms with Crippen LogP contribution in [-0.2, 0) is 13.1 Å². The number of rotatable bonds is 0. The van der Waals surface area contributed by atoms with Gasteiger partial charge in [0.2, 0.25) is 12.1 Å². The van der Waals surface area contributed by atoms with Crippen LogP contribution in [0, 0.1) is 0 Å². The predicted octanol–water partition coefficient (Wildman–Crippen LogP) is -2.90. The smallest absolute Gasteiger partial charge is 0.261 e. The van der Waals surface area contributed by atoms with Crippen LogP contribution in [0.3, 0.4) is 0 Å². The zero-order chi connectivity index (χ0) is 9.54. The van der Waals surface area contributed by atoms with E-state index in [1.165, 1.54) is 12.8 Å². The topological polar surface area (TPSA) is 60.6 Å². The number of nitrogen functional groups attached to an aromatic ring is 1. The van der Waals surface area contributed by atoms with E-state index in [4.69, 9.17) is 5.73 Å². The minimum absolute atomic E-state index is 0. The summed E-state index contributed by atoms with van der Waals surface area (Å²) in [7, 11) is 0. The number of aryl methyl sites for hydroxylation is 2. The van der Waals surface area contributed by atoms with Gasteiger partial charge in [-0.15, -0.1) is 0 Å². The van der Waals surface area contributed by atoms with Crippen LogP contribution in [0.15, 0.2) is 12.7 Å². The van der Waals surface area contributed by atoms with E-state index in [2.05, 4.69) is 19.1 Å². The number of hydrogen-bond acceptors (Lipinski definition) is 3. The van der Waals surface area contributed by atoms with Crippen molar-refractivity contribution in [3.63, 3.8) is 0 Å². The Morgan fingerprint density at radius 2 is 2.20 bits per heavy atom. The van der Waals surface area contributed by atoms with E-state index in [1.807, 2.05) is 6.33 Å². The molecule has 1 aliphatic rings. The molecule has 0 amide bonds. The maximum atomic E-state index is 5.77. The summed E-state index contributed by atoms with van der Waals surface area (Å²) >= 11 is 0. The third-order valence-corrected chi connectivity index (χ3v) is 2.71. The molecule has 0 saturated carbocycles. The van der Waals surface area contributed by atoms with E-state index in [0.29, 0.717) is 5.82 Å². The molecule has 0 bridgehead atoms. The molecule has 6 heteroatoms. The highest BCUT2D eigenvalue weighted by molar-refractivity contribution is 5.78. The molecule has 0 saturated heterocycles. The Morgan fingerprint density at radius 3 is 3.07 bits per heavy atom. The summed E-state index contributed by atoms with van der Waals surface area (Å²) in [5.74, 6) is 0.525. The van der Waals surface area contributed by atoms with E-state index >= 15 is 0 Å². The monoisotopic (exact) mass is 225 g/mol. The second-order valence-electron chi connectivity index (χ2n) is 3.64. The fraction of sp³-hybridized carbons (Fsp3) is 0.444. The van der Waals surface area contributed by atoms with Crippen LogP contribution in [0.2, 0.25) is 0 Å². The lowest BCUT2D eigenvalue weighted by Crippen LogP contribution is -3.00. The molecule has 0 spiro atoms. The van der Waals surface area contributed by atoms with E-state index in [9.17, 15) is 0 Å². The first-order valence-electron chi connectivity index (χ1n) is 4.85. The van der Waals surface area contributed by atoms with Gasteiger partial charge in [-0.1, -0.05) is 4.98 Å². The van der Waals surface area contributed by atoms with Crippen molar-refractivity contribution < 1.29 is 17.0 Å². The number of anilines is 1. The van der Waals surface area contributed by atoms with Gasteiger partial charge in [0.05, 0.1) is 13.1 Å². The summed E-state index contributed by atoms with van der Waals surface area (Å²) in [6.45, 7) is 2.04. The Kier molecular flexibility index (Phi) is 2.48. The minimum Gasteiger partial charge on any atom is -1.00 e. The SMILES string of the molecule is Nc1nc[n+]2c3c1ncn3CCCC2.[Cl-]. The highest BCUT2D eigenvalue weighted by Crippen LogP contribution is 2.15. The van der Waals surface area contributed by atoms with Crippen LogP contribution < -0.4 is 22.7 Å². The third kappa shape index (κ3) is 1.43. The van der Waals surface area contributed by atoms with Crippen LogP contribution in [0.4, 0.5) is 5.82 Å². The average Bonchev–Trinajstić information content (AvgIpc) is 2.51.